The lowest BCUT2D eigenvalue weighted by atomic mass is 10.1. The van der Waals surface area contributed by atoms with E-state index in [1.54, 1.807) is 0 Å². The van der Waals surface area contributed by atoms with Gasteiger partial charge in [0.25, 0.3) is 0 Å². The van der Waals surface area contributed by atoms with Crippen LogP contribution in [0.15, 0.2) is 52.1 Å². The van der Waals surface area contributed by atoms with Gasteiger partial charge in [0.15, 0.2) is 11.0 Å². The van der Waals surface area contributed by atoms with E-state index in [1.165, 1.54) is 11.8 Å². The Balaban J connectivity index is 1.56. The molecule has 0 aliphatic heterocycles. The number of aryl methyl sites for hydroxylation is 2. The number of rotatable bonds is 7. The minimum Gasteiger partial charge on any atom is -0.485 e. The third-order valence-electron chi connectivity index (χ3n) is 4.11. The highest BCUT2D eigenvalue weighted by Gasteiger charge is 2.13. The molecule has 6 nitrogen and oxygen atoms in total. The zero-order chi connectivity index (χ0) is 20.1. The number of para-hydroxylation sites is 1. The van der Waals surface area contributed by atoms with E-state index in [2.05, 4.69) is 37.5 Å². The van der Waals surface area contributed by atoms with Crippen LogP contribution >= 0.6 is 27.7 Å². The van der Waals surface area contributed by atoms with Crippen LogP contribution in [0.4, 0.5) is 5.69 Å². The largest absolute Gasteiger partial charge is 0.485 e. The maximum atomic E-state index is 12.2. The van der Waals surface area contributed by atoms with E-state index in [-0.39, 0.29) is 11.7 Å². The van der Waals surface area contributed by atoms with Gasteiger partial charge in [0.05, 0.1) is 11.4 Å². The molecule has 0 radical (unpaired) electrons. The number of thioether (sulfide) groups is 1. The summed E-state index contributed by atoms with van der Waals surface area (Å²) in [6.07, 6.45) is 0. The molecule has 146 valence electrons. The molecule has 8 heteroatoms. The van der Waals surface area contributed by atoms with Gasteiger partial charge in [-0.3, -0.25) is 4.79 Å². The summed E-state index contributed by atoms with van der Waals surface area (Å²) < 4.78 is 8.59. The number of amides is 1. The van der Waals surface area contributed by atoms with Crippen molar-refractivity contribution in [3.05, 3.63) is 63.9 Å². The van der Waals surface area contributed by atoms with Crippen LogP contribution in [0.5, 0.6) is 5.75 Å². The van der Waals surface area contributed by atoms with E-state index in [0.717, 1.165) is 27.0 Å². The van der Waals surface area contributed by atoms with Crippen molar-refractivity contribution in [2.45, 2.75) is 25.6 Å². The molecule has 0 atom stereocenters. The third-order valence-corrected chi connectivity index (χ3v) is 5.82. The number of nitrogens with zero attached hydrogens (tertiary/aromatic N) is 3. The summed E-state index contributed by atoms with van der Waals surface area (Å²) in [5.41, 5.74) is 2.96. The number of benzene rings is 2. The number of carbonyl (C=O) groups is 1. The quantitative estimate of drug-likeness (QED) is 0.525. The average Bonchev–Trinajstić information content (AvgIpc) is 3.02. The van der Waals surface area contributed by atoms with E-state index in [9.17, 15) is 4.79 Å². The van der Waals surface area contributed by atoms with Crippen molar-refractivity contribution in [1.82, 2.24) is 14.8 Å². The molecule has 0 saturated heterocycles. The number of aromatic nitrogens is 3. The first-order valence-electron chi connectivity index (χ1n) is 8.69. The van der Waals surface area contributed by atoms with Gasteiger partial charge in [-0.15, -0.1) is 10.2 Å². The molecule has 1 aromatic heterocycles. The Kier molecular flexibility index (Phi) is 6.74. The van der Waals surface area contributed by atoms with Crippen LogP contribution in [0.25, 0.3) is 0 Å². The molecule has 1 N–H and O–H groups in total. The van der Waals surface area contributed by atoms with Gasteiger partial charge in [-0.2, -0.15) is 0 Å². The van der Waals surface area contributed by atoms with E-state index in [4.69, 9.17) is 4.74 Å². The summed E-state index contributed by atoms with van der Waals surface area (Å²) in [6, 6.07) is 13.6. The summed E-state index contributed by atoms with van der Waals surface area (Å²) in [5, 5.41) is 11.9. The summed E-state index contributed by atoms with van der Waals surface area (Å²) in [5.74, 6) is 1.68. The molecule has 0 aliphatic carbocycles. The van der Waals surface area contributed by atoms with Gasteiger partial charge in [-0.25, -0.2) is 0 Å². The first kappa shape index (κ1) is 20.4. The molecular formula is C20H21BrN4O2S. The van der Waals surface area contributed by atoms with Gasteiger partial charge in [0.2, 0.25) is 5.91 Å². The Bertz CT molecular complexity index is 990. The molecule has 0 fully saturated rings. The maximum Gasteiger partial charge on any atom is 0.234 e. The second kappa shape index (κ2) is 9.25. The molecule has 0 saturated carbocycles. The smallest absolute Gasteiger partial charge is 0.234 e. The second-order valence-electron chi connectivity index (χ2n) is 6.33. The number of anilines is 1. The summed E-state index contributed by atoms with van der Waals surface area (Å²) in [4.78, 5) is 12.2. The third kappa shape index (κ3) is 5.14. The standard InChI is InChI=1S/C20H21BrN4O2S/c1-13-8-9-14(2)17(10-13)27-11-18-23-24-20(25(18)3)28-12-19(26)22-16-7-5-4-6-15(16)21/h4-10H,11-12H2,1-3H3,(H,22,26). The minimum atomic E-state index is -0.104. The van der Waals surface area contributed by atoms with Crippen molar-refractivity contribution >= 4 is 39.3 Å². The lowest BCUT2D eigenvalue weighted by Gasteiger charge is -2.10. The van der Waals surface area contributed by atoms with Gasteiger partial charge in [-0.1, -0.05) is 36.0 Å². The minimum absolute atomic E-state index is 0.104. The van der Waals surface area contributed by atoms with Gasteiger partial charge in [0, 0.05) is 11.5 Å². The number of halogens is 1. The molecular weight excluding hydrogens is 440 g/mol. The topological polar surface area (TPSA) is 69.0 Å². The summed E-state index contributed by atoms with van der Waals surface area (Å²) in [7, 11) is 1.87. The van der Waals surface area contributed by atoms with Crippen LogP contribution in [-0.4, -0.2) is 26.4 Å². The Morgan fingerprint density at radius 3 is 2.79 bits per heavy atom. The molecule has 1 amide bonds. The number of hydrogen-bond donors (Lipinski definition) is 1. The molecule has 3 aromatic rings. The first-order valence-corrected chi connectivity index (χ1v) is 10.5. The van der Waals surface area contributed by atoms with Crippen molar-refractivity contribution in [3.8, 4) is 5.75 Å². The molecule has 0 unspecified atom stereocenters. The maximum absolute atomic E-state index is 12.2. The van der Waals surface area contributed by atoms with Crippen LogP contribution < -0.4 is 10.1 Å². The molecule has 0 aliphatic rings. The van der Waals surface area contributed by atoms with E-state index in [1.807, 2.05) is 61.9 Å². The second-order valence-corrected chi connectivity index (χ2v) is 8.13. The van der Waals surface area contributed by atoms with Crippen molar-refractivity contribution in [1.29, 1.82) is 0 Å². The average molecular weight is 461 g/mol. The van der Waals surface area contributed by atoms with Gasteiger partial charge >= 0.3 is 0 Å². The zero-order valence-corrected chi connectivity index (χ0v) is 18.3. The van der Waals surface area contributed by atoms with Crippen LogP contribution in [0.1, 0.15) is 17.0 Å². The van der Waals surface area contributed by atoms with Gasteiger partial charge < -0.3 is 14.6 Å². The normalized spacial score (nSPS) is 10.7. The van der Waals surface area contributed by atoms with Crippen molar-refractivity contribution < 1.29 is 9.53 Å². The van der Waals surface area contributed by atoms with E-state index >= 15 is 0 Å². The number of hydrogen-bond acceptors (Lipinski definition) is 5. The highest BCUT2D eigenvalue weighted by Crippen LogP contribution is 2.23. The highest BCUT2D eigenvalue weighted by molar-refractivity contribution is 9.10. The molecule has 1 heterocycles. The predicted molar refractivity (Wildman–Crippen MR) is 115 cm³/mol. The molecule has 3 rings (SSSR count). The number of nitrogens with one attached hydrogen (secondary N) is 1. The number of carbonyl (C=O) groups excluding carboxylic acids is 1. The summed E-state index contributed by atoms with van der Waals surface area (Å²) >= 11 is 4.75. The molecule has 2 aromatic carbocycles. The van der Waals surface area contributed by atoms with Crippen LogP contribution in [-0.2, 0) is 18.4 Å². The fourth-order valence-corrected chi connectivity index (χ4v) is 3.59. The zero-order valence-electron chi connectivity index (χ0n) is 15.9. The van der Waals surface area contributed by atoms with Crippen molar-refractivity contribution in [3.63, 3.8) is 0 Å². The lowest BCUT2D eigenvalue weighted by molar-refractivity contribution is -0.113. The Labute approximate surface area is 176 Å². The first-order chi connectivity index (χ1) is 13.4. The Morgan fingerprint density at radius 1 is 1.21 bits per heavy atom. The van der Waals surface area contributed by atoms with E-state index in [0.29, 0.717) is 17.6 Å². The SMILES string of the molecule is Cc1ccc(C)c(OCc2nnc(SCC(=O)Nc3ccccc3Br)n2C)c1. The van der Waals surface area contributed by atoms with Crippen molar-refractivity contribution in [2.24, 2.45) is 7.05 Å². The highest BCUT2D eigenvalue weighted by atomic mass is 79.9. The van der Waals surface area contributed by atoms with Crippen LogP contribution in [0.3, 0.4) is 0 Å². The molecule has 0 bridgehead atoms. The molecule has 28 heavy (non-hydrogen) atoms. The summed E-state index contributed by atoms with van der Waals surface area (Å²) in [6.45, 7) is 4.36. The van der Waals surface area contributed by atoms with Crippen molar-refractivity contribution in [2.75, 3.05) is 11.1 Å². The number of ether oxygens (including phenoxy) is 1. The predicted octanol–water partition coefficient (Wildman–Crippen LogP) is 4.50. The Morgan fingerprint density at radius 2 is 2.00 bits per heavy atom. The fraction of sp³-hybridized carbons (Fsp3) is 0.250. The Hall–Kier alpha value is -2.32. The molecule has 0 spiro atoms. The fourth-order valence-electron chi connectivity index (χ4n) is 2.48. The lowest BCUT2D eigenvalue weighted by Crippen LogP contribution is -2.15. The van der Waals surface area contributed by atoms with Crippen LogP contribution in [0.2, 0.25) is 0 Å². The van der Waals surface area contributed by atoms with E-state index < -0.39 is 0 Å². The monoisotopic (exact) mass is 460 g/mol. The van der Waals surface area contributed by atoms with Gasteiger partial charge in [-0.05, 0) is 59.1 Å². The van der Waals surface area contributed by atoms with Gasteiger partial charge in [0.1, 0.15) is 12.4 Å². The van der Waals surface area contributed by atoms with Crippen LogP contribution in [0, 0.1) is 13.8 Å².